The van der Waals surface area contributed by atoms with E-state index in [1.165, 1.54) is 4.88 Å². The van der Waals surface area contributed by atoms with Gasteiger partial charge in [-0.25, -0.2) is 8.42 Å². The molecule has 0 bridgehead atoms. The molecule has 1 aromatic rings. The largest absolute Gasteiger partial charge is 0.308 e. The molecule has 1 saturated heterocycles. The van der Waals surface area contributed by atoms with Crippen LogP contribution >= 0.6 is 43.2 Å². The van der Waals surface area contributed by atoms with Crippen molar-refractivity contribution in [2.45, 2.75) is 19.0 Å². The van der Waals surface area contributed by atoms with Gasteiger partial charge in [0, 0.05) is 21.9 Å². The Balaban J connectivity index is 1.89. The van der Waals surface area contributed by atoms with Gasteiger partial charge in [-0.3, -0.25) is 0 Å². The standard InChI is InChI=1S/C9H11Br2NO2S2/c10-8-3-7(15-9(8)11)4-12-6-1-2-16(13,14)5-6/h3,6,12H,1-2,4-5H2. The second kappa shape index (κ2) is 5.06. The quantitative estimate of drug-likeness (QED) is 0.865. The van der Waals surface area contributed by atoms with Gasteiger partial charge < -0.3 is 5.32 Å². The molecule has 7 heteroatoms. The molecule has 0 radical (unpaired) electrons. The Morgan fingerprint density at radius 3 is 2.75 bits per heavy atom. The summed E-state index contributed by atoms with van der Waals surface area (Å²) in [4.78, 5) is 1.20. The van der Waals surface area contributed by atoms with Crippen LogP contribution in [0.1, 0.15) is 11.3 Å². The van der Waals surface area contributed by atoms with Crippen molar-refractivity contribution >= 4 is 53.0 Å². The molecule has 2 rings (SSSR count). The van der Waals surface area contributed by atoms with Crippen LogP contribution in [-0.2, 0) is 16.4 Å². The minimum absolute atomic E-state index is 0.115. The zero-order chi connectivity index (χ0) is 11.8. The molecule has 0 saturated carbocycles. The van der Waals surface area contributed by atoms with Crippen LogP contribution in [0, 0.1) is 0 Å². The Morgan fingerprint density at radius 1 is 1.50 bits per heavy atom. The summed E-state index contributed by atoms with van der Waals surface area (Å²) in [5.41, 5.74) is 0. The Morgan fingerprint density at radius 2 is 2.25 bits per heavy atom. The molecule has 0 amide bonds. The summed E-state index contributed by atoms with van der Waals surface area (Å²) in [6.45, 7) is 0.731. The smallest absolute Gasteiger partial charge is 0.151 e. The zero-order valence-electron chi connectivity index (χ0n) is 8.37. The van der Waals surface area contributed by atoms with Crippen molar-refractivity contribution in [3.05, 3.63) is 19.2 Å². The van der Waals surface area contributed by atoms with Gasteiger partial charge in [-0.1, -0.05) is 0 Å². The van der Waals surface area contributed by atoms with E-state index in [0.717, 1.165) is 21.2 Å². The lowest BCUT2D eigenvalue weighted by Crippen LogP contribution is -2.29. The van der Waals surface area contributed by atoms with E-state index in [-0.39, 0.29) is 11.8 Å². The van der Waals surface area contributed by atoms with E-state index in [0.29, 0.717) is 5.75 Å². The van der Waals surface area contributed by atoms with Gasteiger partial charge in [-0.15, -0.1) is 11.3 Å². The van der Waals surface area contributed by atoms with Crippen molar-refractivity contribution < 1.29 is 8.42 Å². The lowest BCUT2D eigenvalue weighted by atomic mass is 10.2. The van der Waals surface area contributed by atoms with Gasteiger partial charge in [0.2, 0.25) is 0 Å². The third kappa shape index (κ3) is 3.29. The summed E-state index contributed by atoms with van der Waals surface area (Å²) in [7, 11) is -2.78. The van der Waals surface area contributed by atoms with Crippen molar-refractivity contribution in [1.82, 2.24) is 5.32 Å². The van der Waals surface area contributed by atoms with E-state index < -0.39 is 9.84 Å². The first-order valence-corrected chi connectivity index (χ1v) is 9.06. The van der Waals surface area contributed by atoms with Crippen molar-refractivity contribution in [3.8, 4) is 0 Å². The Labute approximate surface area is 116 Å². The first-order chi connectivity index (χ1) is 7.46. The van der Waals surface area contributed by atoms with Crippen LogP contribution in [0.2, 0.25) is 0 Å². The predicted molar refractivity (Wildman–Crippen MR) is 73.6 cm³/mol. The van der Waals surface area contributed by atoms with E-state index >= 15 is 0 Å². The number of halogens is 2. The molecule has 0 aromatic carbocycles. The third-order valence-electron chi connectivity index (χ3n) is 2.49. The molecule has 0 aliphatic carbocycles. The van der Waals surface area contributed by atoms with Gasteiger partial charge in [0.15, 0.2) is 9.84 Å². The summed E-state index contributed by atoms with van der Waals surface area (Å²) >= 11 is 8.52. The second-order valence-electron chi connectivity index (χ2n) is 3.82. The van der Waals surface area contributed by atoms with E-state index in [2.05, 4.69) is 37.2 Å². The summed E-state index contributed by atoms with van der Waals surface area (Å²) in [6, 6.07) is 2.16. The Bertz CT molecular complexity index is 464. The molecule has 1 aromatic heterocycles. The SMILES string of the molecule is O=S1(=O)CCC(NCc2cc(Br)c(Br)s2)C1. The number of thiophene rings is 1. The number of sulfone groups is 1. The first kappa shape index (κ1) is 13.0. The lowest BCUT2D eigenvalue weighted by molar-refractivity contribution is 0.557. The maximum atomic E-state index is 11.3. The first-order valence-electron chi connectivity index (χ1n) is 4.84. The van der Waals surface area contributed by atoms with Crippen LogP contribution in [0.3, 0.4) is 0 Å². The number of nitrogens with one attached hydrogen (secondary N) is 1. The van der Waals surface area contributed by atoms with Crippen molar-refractivity contribution in [2.24, 2.45) is 0 Å². The number of hydrogen-bond donors (Lipinski definition) is 1. The van der Waals surface area contributed by atoms with Gasteiger partial charge in [-0.05, 0) is 44.3 Å². The molecule has 2 heterocycles. The Hall–Kier alpha value is 0.570. The molecular formula is C9H11Br2NO2S2. The summed E-state index contributed by atoms with van der Waals surface area (Å²) < 4.78 is 24.6. The maximum Gasteiger partial charge on any atom is 0.151 e. The molecule has 3 nitrogen and oxygen atoms in total. The van der Waals surface area contributed by atoms with Crippen LogP contribution in [0.25, 0.3) is 0 Å². The lowest BCUT2D eigenvalue weighted by Gasteiger charge is -2.08. The van der Waals surface area contributed by atoms with Crippen molar-refractivity contribution in [3.63, 3.8) is 0 Å². The molecule has 1 atom stereocenters. The van der Waals surface area contributed by atoms with Crippen LogP contribution in [0.4, 0.5) is 0 Å². The fraction of sp³-hybridized carbons (Fsp3) is 0.556. The summed E-state index contributed by atoms with van der Waals surface area (Å²) in [5, 5.41) is 3.28. The van der Waals surface area contributed by atoms with Gasteiger partial charge in [-0.2, -0.15) is 0 Å². The van der Waals surface area contributed by atoms with E-state index in [4.69, 9.17) is 0 Å². The minimum atomic E-state index is -2.78. The molecule has 16 heavy (non-hydrogen) atoms. The van der Waals surface area contributed by atoms with Gasteiger partial charge in [0.1, 0.15) is 0 Å². The van der Waals surface area contributed by atoms with E-state index in [1.807, 2.05) is 6.07 Å². The third-order valence-corrected chi connectivity index (χ3v) is 7.52. The highest BCUT2D eigenvalue weighted by atomic mass is 79.9. The average molecular weight is 389 g/mol. The average Bonchev–Trinajstić information content (AvgIpc) is 2.68. The Kier molecular flexibility index (Phi) is 4.11. The molecule has 90 valence electrons. The van der Waals surface area contributed by atoms with Gasteiger partial charge >= 0.3 is 0 Å². The van der Waals surface area contributed by atoms with Crippen molar-refractivity contribution in [2.75, 3.05) is 11.5 Å². The van der Waals surface area contributed by atoms with Gasteiger partial charge in [0.05, 0.1) is 15.3 Å². The second-order valence-corrected chi connectivity index (χ2v) is 9.35. The van der Waals surface area contributed by atoms with Crippen LogP contribution in [0.15, 0.2) is 14.3 Å². The van der Waals surface area contributed by atoms with Crippen LogP contribution in [0.5, 0.6) is 0 Å². The molecule has 1 fully saturated rings. The van der Waals surface area contributed by atoms with Crippen LogP contribution < -0.4 is 5.32 Å². The summed E-state index contributed by atoms with van der Waals surface area (Å²) in [6.07, 6.45) is 0.732. The van der Waals surface area contributed by atoms with E-state index in [1.54, 1.807) is 11.3 Å². The molecule has 1 N–H and O–H groups in total. The maximum absolute atomic E-state index is 11.3. The topological polar surface area (TPSA) is 46.2 Å². The van der Waals surface area contributed by atoms with Crippen molar-refractivity contribution in [1.29, 1.82) is 0 Å². The summed E-state index contributed by atoms with van der Waals surface area (Å²) in [5.74, 6) is 0.600. The zero-order valence-corrected chi connectivity index (χ0v) is 13.2. The highest BCUT2D eigenvalue weighted by Crippen LogP contribution is 2.32. The monoisotopic (exact) mass is 387 g/mol. The molecule has 1 aliphatic heterocycles. The fourth-order valence-electron chi connectivity index (χ4n) is 1.68. The fourth-order valence-corrected chi connectivity index (χ4v) is 5.52. The number of hydrogen-bond acceptors (Lipinski definition) is 4. The minimum Gasteiger partial charge on any atom is -0.308 e. The normalized spacial score (nSPS) is 23.8. The van der Waals surface area contributed by atoms with Gasteiger partial charge in [0.25, 0.3) is 0 Å². The number of rotatable bonds is 3. The van der Waals surface area contributed by atoms with E-state index in [9.17, 15) is 8.42 Å². The molecule has 1 unspecified atom stereocenters. The highest BCUT2D eigenvalue weighted by Gasteiger charge is 2.27. The molecular weight excluding hydrogens is 378 g/mol. The van der Waals surface area contributed by atoms with Crippen LogP contribution in [-0.4, -0.2) is 26.0 Å². The predicted octanol–water partition coefficient (Wildman–Crippen LogP) is 2.55. The molecule has 1 aliphatic rings. The highest BCUT2D eigenvalue weighted by molar-refractivity contribution is 9.13. The molecule has 0 spiro atoms.